The Morgan fingerprint density at radius 2 is 1.20 bits per heavy atom. The molecule has 0 fully saturated rings. The number of benzene rings is 1. The number of hydrogen-bond donors (Lipinski definition) is 0. The molecule has 3 aromatic carbocycles. The smallest absolute Gasteiger partial charge is 0.0575 e. The molecule has 10 heavy (non-hydrogen) atoms. The highest BCUT2D eigenvalue weighted by Gasteiger charge is 2.01. The van der Waals surface area contributed by atoms with Gasteiger partial charge in [0.2, 0.25) is 0 Å². The van der Waals surface area contributed by atoms with Crippen molar-refractivity contribution < 1.29 is 0 Å². The maximum absolute atomic E-state index is 3.00. The second-order valence-electron chi connectivity index (χ2n) is 2.41. The highest BCUT2D eigenvalue weighted by molar-refractivity contribution is 6.08. The standard InChI is InChI=1S/C10H2/c1-2-8-4-6-10(8)9-5-3-7(1)9/h1-2H. The molecular formula is C10H2. The first-order chi connectivity index (χ1) is 4.95. The topological polar surface area (TPSA) is 0 Å². The molecule has 0 aliphatic heterocycles. The van der Waals surface area contributed by atoms with E-state index < -0.39 is 0 Å². The van der Waals surface area contributed by atoms with E-state index >= 15 is 0 Å². The third-order valence-electron chi connectivity index (χ3n) is 1.85. The summed E-state index contributed by atoms with van der Waals surface area (Å²) in [7, 11) is 0. The summed E-state index contributed by atoms with van der Waals surface area (Å²) in [4.78, 5) is 0. The molecule has 0 aromatic heterocycles. The number of rotatable bonds is 0. The molecule has 3 aromatic rings. The average molecular weight is 122 g/mol. The van der Waals surface area contributed by atoms with Gasteiger partial charge in [0.05, 0.1) is 10.8 Å². The van der Waals surface area contributed by atoms with E-state index in [0.29, 0.717) is 0 Å². The van der Waals surface area contributed by atoms with Crippen LogP contribution >= 0.6 is 0 Å². The summed E-state index contributed by atoms with van der Waals surface area (Å²) in [6, 6.07) is 16.0. The van der Waals surface area contributed by atoms with Crippen LogP contribution in [0, 0.1) is 24.3 Å². The first kappa shape index (κ1) is 4.20. The minimum Gasteiger partial charge on any atom is -0.0602 e. The molecule has 0 spiro atoms. The SMILES string of the molecule is c1c2ccc3c#cc3c2c#1. The van der Waals surface area contributed by atoms with Gasteiger partial charge in [-0.2, -0.15) is 0 Å². The lowest BCUT2D eigenvalue weighted by Crippen LogP contribution is -1.76. The predicted octanol–water partition coefficient (Wildman–Crippen LogP) is 2.07. The first-order valence-corrected chi connectivity index (χ1v) is 3.16. The van der Waals surface area contributed by atoms with Crippen molar-refractivity contribution in [2.45, 2.75) is 0 Å². The average Bonchev–Trinajstić information content (AvgIpc) is 1.84. The van der Waals surface area contributed by atoms with Gasteiger partial charge in [-0.25, -0.2) is 0 Å². The molecular weight excluding hydrogens is 120 g/mol. The van der Waals surface area contributed by atoms with Crippen LogP contribution in [0.15, 0.2) is 12.1 Å². The normalized spacial score (nSPS) is 10.4. The summed E-state index contributed by atoms with van der Waals surface area (Å²) in [5.41, 5.74) is 0. The Hall–Kier alpha value is -1.66. The lowest BCUT2D eigenvalue weighted by Gasteiger charge is -1.98. The van der Waals surface area contributed by atoms with E-state index in [1.54, 1.807) is 0 Å². The van der Waals surface area contributed by atoms with Crippen LogP contribution < -0.4 is 0 Å². The molecule has 0 heterocycles. The van der Waals surface area contributed by atoms with Crippen LogP contribution in [0.5, 0.6) is 0 Å². The van der Waals surface area contributed by atoms with Crippen molar-refractivity contribution in [2.75, 3.05) is 0 Å². The Morgan fingerprint density at radius 1 is 0.700 bits per heavy atom. The van der Waals surface area contributed by atoms with Crippen molar-refractivity contribution in [3.63, 3.8) is 0 Å². The van der Waals surface area contributed by atoms with Crippen LogP contribution in [0.25, 0.3) is 21.5 Å². The van der Waals surface area contributed by atoms with Crippen LogP contribution in [0.2, 0.25) is 0 Å². The largest absolute Gasteiger partial charge is 0.0602 e. The van der Waals surface area contributed by atoms with Gasteiger partial charge in [0.25, 0.3) is 0 Å². The van der Waals surface area contributed by atoms with Crippen LogP contribution in [-0.4, -0.2) is 0 Å². The lowest BCUT2D eigenvalue weighted by atomic mass is 10.0. The Balaban J connectivity index is 2.67. The van der Waals surface area contributed by atoms with E-state index in [-0.39, 0.29) is 0 Å². The van der Waals surface area contributed by atoms with Crippen molar-refractivity contribution in [1.82, 2.24) is 0 Å². The van der Waals surface area contributed by atoms with Crippen LogP contribution in [0.4, 0.5) is 0 Å². The van der Waals surface area contributed by atoms with E-state index in [1.807, 2.05) is 12.1 Å². The highest BCUT2D eigenvalue weighted by atomic mass is 14.0. The van der Waals surface area contributed by atoms with Gasteiger partial charge in [-0.05, 0) is 12.1 Å². The Kier molecular flexibility index (Phi) is 0.464. The summed E-state index contributed by atoms with van der Waals surface area (Å²) in [6.45, 7) is 0. The highest BCUT2D eigenvalue weighted by Crippen LogP contribution is 2.23. The van der Waals surface area contributed by atoms with E-state index in [9.17, 15) is 0 Å². The first-order valence-electron chi connectivity index (χ1n) is 3.16. The maximum Gasteiger partial charge on any atom is 0.0575 e. The molecule has 3 rings (SSSR count). The van der Waals surface area contributed by atoms with E-state index in [1.165, 1.54) is 0 Å². The van der Waals surface area contributed by atoms with Gasteiger partial charge in [0, 0.05) is 10.8 Å². The lowest BCUT2D eigenvalue weighted by molar-refractivity contribution is 1.84. The van der Waals surface area contributed by atoms with E-state index in [4.69, 9.17) is 0 Å². The Labute approximate surface area is 58.8 Å². The molecule has 0 nitrogen and oxygen atoms in total. The second-order valence-corrected chi connectivity index (χ2v) is 2.41. The Morgan fingerprint density at radius 3 is 1.50 bits per heavy atom. The fourth-order valence-corrected chi connectivity index (χ4v) is 1.21. The molecule has 0 N–H and O–H groups in total. The summed E-state index contributed by atoms with van der Waals surface area (Å²) in [6.07, 6.45) is 0. The van der Waals surface area contributed by atoms with Gasteiger partial charge in [0.15, 0.2) is 0 Å². The van der Waals surface area contributed by atoms with E-state index in [0.717, 1.165) is 21.5 Å². The fourth-order valence-electron chi connectivity index (χ4n) is 1.21. The molecule has 0 saturated heterocycles. The number of hydrogen-bond acceptors (Lipinski definition) is 0. The molecule has 0 amide bonds. The molecule has 0 heteroatoms. The molecule has 0 unspecified atom stereocenters. The van der Waals surface area contributed by atoms with E-state index in [2.05, 4.69) is 24.3 Å². The summed E-state index contributed by atoms with van der Waals surface area (Å²) in [5, 5.41) is 4.65. The maximum atomic E-state index is 3.00. The zero-order valence-corrected chi connectivity index (χ0v) is 5.15. The molecule has 0 atom stereocenters. The zero-order valence-electron chi connectivity index (χ0n) is 5.15. The van der Waals surface area contributed by atoms with Crippen molar-refractivity contribution in [1.29, 1.82) is 0 Å². The molecule has 0 aliphatic rings. The van der Waals surface area contributed by atoms with Crippen LogP contribution in [-0.2, 0) is 0 Å². The van der Waals surface area contributed by atoms with Crippen LogP contribution in [0.1, 0.15) is 0 Å². The van der Waals surface area contributed by atoms with Crippen molar-refractivity contribution in [3.8, 4) is 0 Å². The molecule has 42 valence electrons. The monoisotopic (exact) mass is 122 g/mol. The summed E-state index contributed by atoms with van der Waals surface area (Å²) in [5.74, 6) is 0. The van der Waals surface area contributed by atoms with Gasteiger partial charge in [-0.15, -0.1) is 0 Å². The van der Waals surface area contributed by atoms with Crippen LogP contribution in [0.3, 0.4) is 0 Å². The second kappa shape index (κ2) is 1.11. The predicted molar refractivity (Wildman–Crippen MR) is 39.2 cm³/mol. The van der Waals surface area contributed by atoms with Gasteiger partial charge >= 0.3 is 0 Å². The summed E-state index contributed by atoms with van der Waals surface area (Å²) >= 11 is 0. The Bertz CT molecular complexity index is 409. The van der Waals surface area contributed by atoms with Gasteiger partial charge in [-0.3, -0.25) is 0 Å². The third kappa shape index (κ3) is 0.282. The molecule has 0 saturated carbocycles. The minimum atomic E-state index is 1.16. The van der Waals surface area contributed by atoms with Crippen molar-refractivity contribution in [3.05, 3.63) is 36.4 Å². The van der Waals surface area contributed by atoms with Gasteiger partial charge < -0.3 is 0 Å². The van der Waals surface area contributed by atoms with Gasteiger partial charge in [-0.1, -0.05) is 24.3 Å². The third-order valence-corrected chi connectivity index (χ3v) is 1.85. The van der Waals surface area contributed by atoms with Gasteiger partial charge in [0.1, 0.15) is 0 Å². The molecule has 0 bridgehead atoms. The fraction of sp³-hybridized carbons (Fsp3) is 0. The molecule has 0 radical (unpaired) electrons. The van der Waals surface area contributed by atoms with Crippen molar-refractivity contribution in [2.24, 2.45) is 0 Å². The number of fused-ring (bicyclic) bond motifs is 3. The molecule has 0 aliphatic carbocycles. The van der Waals surface area contributed by atoms with Crippen molar-refractivity contribution >= 4 is 21.5 Å². The quantitative estimate of drug-likeness (QED) is 0.428. The summed E-state index contributed by atoms with van der Waals surface area (Å²) < 4.78 is 0. The zero-order chi connectivity index (χ0) is 6.55. The minimum absolute atomic E-state index is 1.16.